The molecule has 0 radical (unpaired) electrons. The normalized spacial score (nSPS) is 18.4. The second kappa shape index (κ2) is 9.93. The van der Waals surface area contributed by atoms with Gasteiger partial charge in [0, 0.05) is 11.3 Å². The van der Waals surface area contributed by atoms with Crippen LogP contribution in [0.5, 0.6) is 5.75 Å². The summed E-state index contributed by atoms with van der Waals surface area (Å²) in [6, 6.07) is 18.1. The van der Waals surface area contributed by atoms with Crippen molar-refractivity contribution in [3.05, 3.63) is 100 Å². The molecule has 5 rings (SSSR count). The topological polar surface area (TPSA) is 93.1 Å². The fourth-order valence-electron chi connectivity index (χ4n) is 5.16. The van der Waals surface area contributed by atoms with Gasteiger partial charge in [0.25, 0.3) is 11.7 Å². The van der Waals surface area contributed by atoms with Gasteiger partial charge in [-0.3, -0.25) is 14.5 Å². The summed E-state index contributed by atoms with van der Waals surface area (Å²) in [5.41, 5.74) is 4.03. The van der Waals surface area contributed by atoms with Crippen LogP contribution in [-0.4, -0.2) is 37.0 Å². The maximum Gasteiger partial charge on any atom is 0.337 e. The van der Waals surface area contributed by atoms with E-state index >= 15 is 0 Å². The van der Waals surface area contributed by atoms with E-state index in [1.807, 2.05) is 12.1 Å². The number of carbonyl (C=O) groups is 3. The fraction of sp³-hybridized carbons (Fsp3) is 0.233. The van der Waals surface area contributed by atoms with Crippen molar-refractivity contribution in [2.24, 2.45) is 0 Å². The van der Waals surface area contributed by atoms with Crippen molar-refractivity contribution in [3.63, 3.8) is 0 Å². The molecule has 1 amide bonds. The summed E-state index contributed by atoms with van der Waals surface area (Å²) >= 11 is 0. The molecule has 1 unspecified atom stereocenters. The number of anilines is 1. The highest BCUT2D eigenvalue weighted by atomic mass is 16.5. The molecule has 188 valence electrons. The molecule has 1 heterocycles. The molecule has 1 fully saturated rings. The third kappa shape index (κ3) is 4.37. The minimum atomic E-state index is -0.931. The molecular formula is C30H27NO6. The Balaban J connectivity index is 1.70. The number of nitrogens with zero attached hydrogens (tertiary/aromatic N) is 1. The number of ether oxygens (including phenoxy) is 2. The van der Waals surface area contributed by atoms with Gasteiger partial charge in [0.05, 0.1) is 31.4 Å². The number of esters is 1. The molecule has 2 aliphatic rings. The van der Waals surface area contributed by atoms with Crippen LogP contribution in [0.3, 0.4) is 0 Å². The zero-order chi connectivity index (χ0) is 26.1. The lowest BCUT2D eigenvalue weighted by atomic mass is 9.88. The number of aliphatic hydroxyl groups is 1. The van der Waals surface area contributed by atoms with Gasteiger partial charge in [0.2, 0.25) is 0 Å². The highest BCUT2D eigenvalue weighted by Gasteiger charge is 2.47. The van der Waals surface area contributed by atoms with Crippen LogP contribution in [0.2, 0.25) is 0 Å². The number of rotatable bonds is 5. The van der Waals surface area contributed by atoms with Crippen molar-refractivity contribution in [1.29, 1.82) is 0 Å². The van der Waals surface area contributed by atoms with Crippen LogP contribution in [0.25, 0.3) is 5.76 Å². The van der Waals surface area contributed by atoms with Crippen LogP contribution in [0.1, 0.15) is 51.5 Å². The maximum atomic E-state index is 13.5. The smallest absolute Gasteiger partial charge is 0.337 e. The molecule has 7 nitrogen and oxygen atoms in total. The van der Waals surface area contributed by atoms with E-state index in [9.17, 15) is 19.5 Å². The van der Waals surface area contributed by atoms with Crippen LogP contribution in [0, 0.1) is 0 Å². The first-order valence-corrected chi connectivity index (χ1v) is 12.2. The Bertz CT molecular complexity index is 1440. The molecule has 1 atom stereocenters. The molecule has 7 heteroatoms. The first-order chi connectivity index (χ1) is 17.9. The van der Waals surface area contributed by atoms with Gasteiger partial charge in [-0.25, -0.2) is 4.79 Å². The average molecular weight is 498 g/mol. The van der Waals surface area contributed by atoms with E-state index in [2.05, 4.69) is 0 Å². The zero-order valence-electron chi connectivity index (χ0n) is 20.7. The van der Waals surface area contributed by atoms with Gasteiger partial charge in [0.15, 0.2) is 0 Å². The number of methoxy groups -OCH3 is 2. The molecule has 0 spiro atoms. The number of fused-ring (bicyclic) bond motifs is 1. The summed E-state index contributed by atoms with van der Waals surface area (Å²) in [7, 11) is 2.80. The first kappa shape index (κ1) is 24.3. The molecule has 1 N–H and O–H groups in total. The van der Waals surface area contributed by atoms with E-state index < -0.39 is 23.7 Å². The van der Waals surface area contributed by atoms with Crippen LogP contribution in [-0.2, 0) is 27.2 Å². The molecule has 3 aromatic rings. The summed E-state index contributed by atoms with van der Waals surface area (Å²) in [5, 5.41) is 11.5. The van der Waals surface area contributed by atoms with Gasteiger partial charge in [-0.15, -0.1) is 0 Å². The van der Waals surface area contributed by atoms with Crippen molar-refractivity contribution < 1.29 is 29.0 Å². The number of aliphatic hydroxyl groups excluding tert-OH is 1. The molecule has 1 saturated heterocycles. The van der Waals surface area contributed by atoms with Crippen molar-refractivity contribution in [2.75, 3.05) is 19.1 Å². The second-order valence-electron chi connectivity index (χ2n) is 9.18. The number of hydrogen-bond donors (Lipinski definition) is 1. The van der Waals surface area contributed by atoms with Crippen molar-refractivity contribution in [2.45, 2.75) is 31.7 Å². The van der Waals surface area contributed by atoms with E-state index in [1.54, 1.807) is 48.5 Å². The quantitative estimate of drug-likeness (QED) is 0.231. The van der Waals surface area contributed by atoms with E-state index in [-0.39, 0.29) is 16.9 Å². The summed E-state index contributed by atoms with van der Waals surface area (Å²) in [4.78, 5) is 40.4. The molecule has 37 heavy (non-hydrogen) atoms. The van der Waals surface area contributed by atoms with Crippen molar-refractivity contribution in [3.8, 4) is 5.75 Å². The average Bonchev–Trinajstić information content (AvgIpc) is 3.21. The lowest BCUT2D eigenvalue weighted by Gasteiger charge is -2.26. The number of aryl methyl sites for hydroxylation is 2. The number of hydrogen-bond acceptors (Lipinski definition) is 6. The Kier molecular flexibility index (Phi) is 6.53. The Labute approximate surface area is 214 Å². The number of Topliss-reactive ketones (excluding diaryl/α,β-unsaturated/α-hetero) is 1. The predicted octanol–water partition coefficient (Wildman–Crippen LogP) is 4.99. The van der Waals surface area contributed by atoms with Crippen LogP contribution in [0.15, 0.2) is 72.3 Å². The molecule has 0 bridgehead atoms. The van der Waals surface area contributed by atoms with Crippen molar-refractivity contribution >= 4 is 29.1 Å². The van der Waals surface area contributed by atoms with E-state index in [4.69, 9.17) is 9.47 Å². The summed E-state index contributed by atoms with van der Waals surface area (Å²) < 4.78 is 10.2. The van der Waals surface area contributed by atoms with Gasteiger partial charge >= 0.3 is 5.97 Å². The Morgan fingerprint density at radius 3 is 2.41 bits per heavy atom. The molecule has 1 aliphatic heterocycles. The van der Waals surface area contributed by atoms with Gasteiger partial charge in [-0.1, -0.05) is 30.3 Å². The van der Waals surface area contributed by atoms with E-state index in [0.29, 0.717) is 22.6 Å². The lowest BCUT2D eigenvalue weighted by Crippen LogP contribution is -2.29. The van der Waals surface area contributed by atoms with Gasteiger partial charge < -0.3 is 14.6 Å². The molecule has 3 aromatic carbocycles. The number of amides is 1. The number of ketones is 1. The molecule has 1 aliphatic carbocycles. The third-order valence-electron chi connectivity index (χ3n) is 7.02. The van der Waals surface area contributed by atoms with Crippen molar-refractivity contribution in [1.82, 2.24) is 0 Å². The Morgan fingerprint density at radius 1 is 0.892 bits per heavy atom. The van der Waals surface area contributed by atoms with Crippen LogP contribution >= 0.6 is 0 Å². The third-order valence-corrected chi connectivity index (χ3v) is 7.02. The Hall–Kier alpha value is -4.39. The SMILES string of the molecule is COC(=O)c1cccc(N2C(=O)C(=O)/C(=C(\O)c3ccc4c(c3)CCCC4)C2c2cccc(OC)c2)c1. The maximum absolute atomic E-state index is 13.5. The van der Waals surface area contributed by atoms with E-state index in [0.717, 1.165) is 31.2 Å². The van der Waals surface area contributed by atoms with Crippen LogP contribution in [0.4, 0.5) is 5.69 Å². The van der Waals surface area contributed by atoms with E-state index in [1.165, 1.54) is 30.7 Å². The first-order valence-electron chi connectivity index (χ1n) is 12.2. The monoisotopic (exact) mass is 497 g/mol. The summed E-state index contributed by atoms with van der Waals surface area (Å²) in [5.74, 6) is -1.85. The standard InChI is InChI=1S/C30H27NO6/c1-36-24-12-6-9-20(17-24)26-25(27(32)21-14-13-18-7-3-4-8-19(18)15-21)28(33)29(34)31(26)23-11-5-10-22(16-23)30(35)37-2/h5-6,9-17,26,32H,3-4,7-8H2,1-2H3/b27-25-. The fourth-order valence-corrected chi connectivity index (χ4v) is 5.16. The molecule has 0 saturated carbocycles. The van der Waals surface area contributed by atoms with Gasteiger partial charge in [-0.05, 0) is 78.8 Å². The minimum absolute atomic E-state index is 0.0162. The molecule has 0 aromatic heterocycles. The Morgan fingerprint density at radius 2 is 1.65 bits per heavy atom. The summed E-state index contributed by atoms with van der Waals surface area (Å²) in [6.07, 6.45) is 4.09. The highest BCUT2D eigenvalue weighted by Crippen LogP contribution is 2.43. The number of benzene rings is 3. The second-order valence-corrected chi connectivity index (χ2v) is 9.18. The zero-order valence-corrected chi connectivity index (χ0v) is 20.7. The minimum Gasteiger partial charge on any atom is -0.507 e. The highest BCUT2D eigenvalue weighted by molar-refractivity contribution is 6.51. The van der Waals surface area contributed by atoms with Gasteiger partial charge in [0.1, 0.15) is 11.5 Å². The van der Waals surface area contributed by atoms with Crippen LogP contribution < -0.4 is 9.64 Å². The molecular weight excluding hydrogens is 470 g/mol. The predicted molar refractivity (Wildman–Crippen MR) is 139 cm³/mol. The largest absolute Gasteiger partial charge is 0.507 e. The number of carbonyl (C=O) groups excluding carboxylic acids is 3. The van der Waals surface area contributed by atoms with Gasteiger partial charge in [-0.2, -0.15) is 0 Å². The summed E-state index contributed by atoms with van der Waals surface area (Å²) in [6.45, 7) is 0. The lowest BCUT2D eigenvalue weighted by molar-refractivity contribution is -0.132.